The predicted octanol–water partition coefficient (Wildman–Crippen LogP) is 4.10. The second kappa shape index (κ2) is 10.2. The third-order valence-electron chi connectivity index (χ3n) is 4.26. The van der Waals surface area contributed by atoms with Gasteiger partial charge in [0.05, 0.1) is 43.2 Å². The van der Waals surface area contributed by atoms with Crippen molar-refractivity contribution in [3.05, 3.63) is 22.2 Å². The van der Waals surface area contributed by atoms with Gasteiger partial charge in [0.1, 0.15) is 16.0 Å². The minimum absolute atomic E-state index is 0.157. The van der Waals surface area contributed by atoms with E-state index in [0.717, 1.165) is 29.7 Å². The molecule has 0 bridgehead atoms. The van der Waals surface area contributed by atoms with E-state index in [0.29, 0.717) is 24.3 Å². The Morgan fingerprint density at radius 3 is 2.26 bits per heavy atom. The summed E-state index contributed by atoms with van der Waals surface area (Å²) >= 11 is 3.50. The van der Waals surface area contributed by atoms with E-state index in [1.807, 2.05) is 32.9 Å². The van der Waals surface area contributed by atoms with Crippen molar-refractivity contribution in [2.45, 2.75) is 57.1 Å². The highest BCUT2D eigenvalue weighted by atomic mass is 79.9. The van der Waals surface area contributed by atoms with E-state index in [-0.39, 0.29) is 17.1 Å². The van der Waals surface area contributed by atoms with E-state index in [4.69, 9.17) is 18.9 Å². The molecule has 0 amide bonds. The zero-order valence-electron chi connectivity index (χ0n) is 16.7. The van der Waals surface area contributed by atoms with Gasteiger partial charge in [-0.1, -0.05) is 0 Å². The van der Waals surface area contributed by atoms with Crippen LogP contribution in [-0.4, -0.2) is 42.7 Å². The highest BCUT2D eigenvalue weighted by Crippen LogP contribution is 2.38. The lowest BCUT2D eigenvalue weighted by Gasteiger charge is -2.28. The molecule has 0 unspecified atom stereocenters. The summed E-state index contributed by atoms with van der Waals surface area (Å²) < 4.78 is 38.6. The average molecular weight is 464 g/mol. The van der Waals surface area contributed by atoms with Gasteiger partial charge in [-0.25, -0.2) is 8.93 Å². The average Bonchev–Trinajstić information content (AvgIpc) is 2.65. The van der Waals surface area contributed by atoms with Crippen LogP contribution in [0.1, 0.15) is 51.6 Å². The lowest BCUT2D eigenvalue weighted by Crippen LogP contribution is -2.36. The highest BCUT2D eigenvalue weighted by Gasteiger charge is 2.26. The molecule has 154 valence electrons. The fraction of sp³-hybridized carbons (Fsp3) is 0.684. The van der Waals surface area contributed by atoms with Gasteiger partial charge in [-0.15, -0.1) is 0 Å². The van der Waals surface area contributed by atoms with E-state index in [1.54, 1.807) is 14.2 Å². The molecule has 0 aliphatic carbocycles. The molecule has 1 aromatic carbocycles. The number of halogens is 1. The highest BCUT2D eigenvalue weighted by molar-refractivity contribution is 9.10. The quantitative estimate of drug-likeness (QED) is 0.628. The monoisotopic (exact) mass is 463 g/mol. The van der Waals surface area contributed by atoms with Crippen LogP contribution in [0.4, 0.5) is 0 Å². The van der Waals surface area contributed by atoms with E-state index >= 15 is 0 Å². The molecule has 1 N–H and O–H groups in total. The Morgan fingerprint density at radius 1 is 1.22 bits per heavy atom. The van der Waals surface area contributed by atoms with Gasteiger partial charge in [-0.3, -0.25) is 0 Å². The molecule has 8 heteroatoms. The van der Waals surface area contributed by atoms with Gasteiger partial charge < -0.3 is 18.9 Å². The minimum Gasteiger partial charge on any atom is -0.495 e. The van der Waals surface area contributed by atoms with Crippen LogP contribution in [0.2, 0.25) is 0 Å². The molecule has 0 aromatic heterocycles. The molecule has 1 aliphatic rings. The molecule has 0 spiro atoms. The summed E-state index contributed by atoms with van der Waals surface area (Å²) in [5.74, 6) is 1.34. The van der Waals surface area contributed by atoms with Gasteiger partial charge in [0, 0.05) is 12.5 Å². The minimum atomic E-state index is -1.22. The van der Waals surface area contributed by atoms with E-state index in [9.17, 15) is 4.21 Å². The van der Waals surface area contributed by atoms with Gasteiger partial charge >= 0.3 is 0 Å². The van der Waals surface area contributed by atoms with Crippen molar-refractivity contribution in [1.29, 1.82) is 0 Å². The molecule has 1 aromatic rings. The molecule has 1 heterocycles. The van der Waals surface area contributed by atoms with Gasteiger partial charge in [-0.05, 0) is 67.2 Å². The summed E-state index contributed by atoms with van der Waals surface area (Å²) in [5, 5.41) is 0. The van der Waals surface area contributed by atoms with Gasteiger partial charge in [-0.2, -0.15) is 0 Å². The van der Waals surface area contributed by atoms with Crippen molar-refractivity contribution >= 4 is 26.9 Å². The third kappa shape index (κ3) is 6.42. The largest absolute Gasteiger partial charge is 0.495 e. The number of hydrogen-bond donors (Lipinski definition) is 1. The fourth-order valence-corrected chi connectivity index (χ4v) is 4.12. The summed E-state index contributed by atoms with van der Waals surface area (Å²) in [7, 11) is 2.01. The van der Waals surface area contributed by atoms with Crippen LogP contribution in [0.3, 0.4) is 0 Å². The number of nitrogens with one attached hydrogen (secondary N) is 1. The van der Waals surface area contributed by atoms with Crippen LogP contribution in [0.15, 0.2) is 16.6 Å². The van der Waals surface area contributed by atoms with Crippen LogP contribution in [-0.2, 0) is 20.5 Å². The Bertz CT molecular complexity index is 618. The first-order valence-electron chi connectivity index (χ1n) is 9.09. The molecule has 6 nitrogen and oxygen atoms in total. The second-order valence-corrected chi connectivity index (χ2v) is 10.2. The van der Waals surface area contributed by atoms with E-state index < -0.39 is 11.0 Å². The van der Waals surface area contributed by atoms with Gasteiger partial charge in [0.15, 0.2) is 6.29 Å². The maximum atomic E-state index is 12.7. The molecule has 27 heavy (non-hydrogen) atoms. The van der Waals surface area contributed by atoms with Crippen LogP contribution < -0.4 is 14.2 Å². The molecule has 0 radical (unpaired) electrons. The Hall–Kier alpha value is -0.670. The standard InChI is InChI=1S/C19H30BrNO5S/c1-19(2,3)27(22)21-14(7-8-17-25-9-6-10-26-17)13-11-15(23-4)18(20)16(12-13)24-5/h11-12,14,17,21H,6-10H2,1-5H3/t14-,27-/m0/s1. The topological polar surface area (TPSA) is 66.0 Å². The van der Waals surface area contributed by atoms with Crippen molar-refractivity contribution in [2.24, 2.45) is 0 Å². The van der Waals surface area contributed by atoms with E-state index in [2.05, 4.69) is 20.7 Å². The summed E-state index contributed by atoms with van der Waals surface area (Å²) in [6.45, 7) is 7.28. The van der Waals surface area contributed by atoms with Gasteiger partial charge in [0.25, 0.3) is 0 Å². The predicted molar refractivity (Wildman–Crippen MR) is 111 cm³/mol. The molecule has 0 saturated carbocycles. The van der Waals surface area contributed by atoms with Crippen LogP contribution in [0, 0.1) is 0 Å². The smallest absolute Gasteiger partial charge is 0.157 e. The van der Waals surface area contributed by atoms with Crippen LogP contribution in [0.5, 0.6) is 11.5 Å². The molecule has 2 rings (SSSR count). The summed E-state index contributed by atoms with van der Waals surface area (Å²) in [4.78, 5) is 0. The Balaban J connectivity index is 2.25. The Labute approximate surface area is 173 Å². The zero-order valence-corrected chi connectivity index (χ0v) is 19.1. The molecule has 1 aliphatic heterocycles. The first kappa shape index (κ1) is 22.6. The summed E-state index contributed by atoms with van der Waals surface area (Å²) in [5.41, 5.74) is 0.945. The number of ether oxygens (including phenoxy) is 4. The number of hydrogen-bond acceptors (Lipinski definition) is 5. The third-order valence-corrected chi connectivity index (χ3v) is 6.66. The second-order valence-electron chi connectivity index (χ2n) is 7.39. The lowest BCUT2D eigenvalue weighted by molar-refractivity contribution is -0.182. The summed E-state index contributed by atoms with van der Waals surface area (Å²) in [6.07, 6.45) is 2.12. The van der Waals surface area contributed by atoms with Crippen LogP contribution in [0.25, 0.3) is 0 Å². The molecular weight excluding hydrogens is 434 g/mol. The Morgan fingerprint density at radius 2 is 1.78 bits per heavy atom. The molecule has 1 saturated heterocycles. The molecule has 2 atom stereocenters. The SMILES string of the molecule is COc1cc([C@H](CCC2OCCCO2)N[S@@](=O)C(C)(C)C)cc(OC)c1Br. The van der Waals surface area contributed by atoms with Crippen molar-refractivity contribution in [3.8, 4) is 11.5 Å². The number of methoxy groups -OCH3 is 2. The first-order valence-corrected chi connectivity index (χ1v) is 11.0. The van der Waals surface area contributed by atoms with Crippen LogP contribution >= 0.6 is 15.9 Å². The maximum Gasteiger partial charge on any atom is 0.157 e. The number of rotatable bonds is 8. The van der Waals surface area contributed by atoms with Crippen molar-refractivity contribution in [2.75, 3.05) is 27.4 Å². The van der Waals surface area contributed by atoms with Crippen molar-refractivity contribution in [3.63, 3.8) is 0 Å². The maximum absolute atomic E-state index is 12.7. The molecular formula is C19H30BrNO5S. The van der Waals surface area contributed by atoms with Gasteiger partial charge in [0.2, 0.25) is 0 Å². The first-order chi connectivity index (χ1) is 12.8. The number of benzene rings is 1. The normalized spacial score (nSPS) is 18.1. The zero-order chi connectivity index (χ0) is 20.0. The summed E-state index contributed by atoms with van der Waals surface area (Å²) in [6, 6.07) is 3.72. The fourth-order valence-electron chi connectivity index (χ4n) is 2.70. The lowest BCUT2D eigenvalue weighted by atomic mass is 10.0. The van der Waals surface area contributed by atoms with Crippen molar-refractivity contribution < 1.29 is 23.2 Å². The Kier molecular flexibility index (Phi) is 8.55. The molecule has 1 fully saturated rings. The van der Waals surface area contributed by atoms with E-state index in [1.165, 1.54) is 0 Å². The van der Waals surface area contributed by atoms with Crippen molar-refractivity contribution in [1.82, 2.24) is 4.72 Å².